The van der Waals surface area contributed by atoms with Crippen LogP contribution in [0.3, 0.4) is 0 Å². The lowest BCUT2D eigenvalue weighted by Gasteiger charge is -2.20. The summed E-state index contributed by atoms with van der Waals surface area (Å²) in [6.07, 6.45) is 7.81. The molecule has 0 aliphatic heterocycles. The molecule has 21 heavy (non-hydrogen) atoms. The molecule has 0 aliphatic carbocycles. The third-order valence-electron chi connectivity index (χ3n) is 3.65. The maximum atomic E-state index is 13.5. The number of unbranched alkanes of at least 4 members (excludes halogenated alkanes) is 4. The van der Waals surface area contributed by atoms with Crippen LogP contribution in [0.2, 0.25) is 5.02 Å². The fourth-order valence-corrected chi connectivity index (χ4v) is 2.73. The highest BCUT2D eigenvalue weighted by molar-refractivity contribution is 6.31. The van der Waals surface area contributed by atoms with E-state index in [4.69, 9.17) is 11.6 Å². The molecule has 0 fully saturated rings. The maximum absolute atomic E-state index is 13.5. The van der Waals surface area contributed by atoms with Crippen LogP contribution in [-0.2, 0) is 0 Å². The highest BCUT2D eigenvalue weighted by Crippen LogP contribution is 2.29. The van der Waals surface area contributed by atoms with Crippen molar-refractivity contribution in [1.82, 2.24) is 5.32 Å². The van der Waals surface area contributed by atoms with E-state index in [1.54, 1.807) is 0 Å². The van der Waals surface area contributed by atoms with Gasteiger partial charge in [0.15, 0.2) is 11.6 Å². The molecule has 0 saturated carbocycles. The molecule has 1 nitrogen and oxygen atoms in total. The minimum atomic E-state index is -0.888. The quantitative estimate of drug-likeness (QED) is 0.411. The largest absolute Gasteiger partial charge is 0.310 e. The van der Waals surface area contributed by atoms with Crippen molar-refractivity contribution >= 4 is 11.6 Å². The third-order valence-corrected chi connectivity index (χ3v) is 3.98. The minimum Gasteiger partial charge on any atom is -0.310 e. The van der Waals surface area contributed by atoms with Gasteiger partial charge in [0.2, 0.25) is 0 Å². The van der Waals surface area contributed by atoms with E-state index in [9.17, 15) is 8.78 Å². The molecular weight excluding hydrogens is 292 g/mol. The smallest absolute Gasteiger partial charge is 0.160 e. The third kappa shape index (κ3) is 6.31. The molecule has 0 aliphatic rings. The van der Waals surface area contributed by atoms with Crippen molar-refractivity contribution in [2.45, 2.75) is 64.8 Å². The summed E-state index contributed by atoms with van der Waals surface area (Å²) < 4.78 is 26.7. The lowest BCUT2D eigenvalue weighted by atomic mass is 9.99. The summed E-state index contributed by atoms with van der Waals surface area (Å²) in [5, 5.41) is 3.69. The van der Waals surface area contributed by atoms with E-state index >= 15 is 0 Å². The van der Waals surface area contributed by atoms with Crippen molar-refractivity contribution in [3.63, 3.8) is 0 Å². The number of halogens is 3. The average Bonchev–Trinajstić information content (AvgIpc) is 2.46. The van der Waals surface area contributed by atoms with Crippen LogP contribution < -0.4 is 5.32 Å². The van der Waals surface area contributed by atoms with Crippen LogP contribution in [0.1, 0.15) is 70.4 Å². The van der Waals surface area contributed by atoms with Crippen LogP contribution in [-0.4, -0.2) is 6.54 Å². The number of hydrogen-bond acceptors (Lipinski definition) is 1. The summed E-state index contributed by atoms with van der Waals surface area (Å²) in [6.45, 7) is 5.11. The zero-order chi connectivity index (χ0) is 15.7. The van der Waals surface area contributed by atoms with Gasteiger partial charge in [-0.2, -0.15) is 0 Å². The molecule has 0 saturated heterocycles. The van der Waals surface area contributed by atoms with Gasteiger partial charge in [0, 0.05) is 11.1 Å². The van der Waals surface area contributed by atoms with E-state index in [2.05, 4.69) is 19.2 Å². The van der Waals surface area contributed by atoms with Crippen LogP contribution in [0, 0.1) is 11.6 Å². The Hall–Kier alpha value is -0.670. The van der Waals surface area contributed by atoms with Gasteiger partial charge >= 0.3 is 0 Å². The van der Waals surface area contributed by atoms with Crippen molar-refractivity contribution in [1.29, 1.82) is 0 Å². The molecule has 1 unspecified atom stereocenters. The second kappa shape index (κ2) is 10.1. The number of hydrogen-bond donors (Lipinski definition) is 1. The van der Waals surface area contributed by atoms with Crippen molar-refractivity contribution in [2.24, 2.45) is 0 Å². The van der Waals surface area contributed by atoms with E-state index < -0.39 is 11.6 Å². The molecule has 0 radical (unpaired) electrons. The van der Waals surface area contributed by atoms with Crippen molar-refractivity contribution in [2.75, 3.05) is 6.54 Å². The Morgan fingerprint density at radius 1 is 1.00 bits per heavy atom. The Morgan fingerprint density at radius 3 is 2.33 bits per heavy atom. The number of rotatable bonds is 10. The zero-order valence-electron chi connectivity index (χ0n) is 13.0. The van der Waals surface area contributed by atoms with Gasteiger partial charge in [0.1, 0.15) is 0 Å². The van der Waals surface area contributed by atoms with Crippen LogP contribution in [0.15, 0.2) is 12.1 Å². The van der Waals surface area contributed by atoms with Crippen LogP contribution in [0.5, 0.6) is 0 Å². The first kappa shape index (κ1) is 18.4. The van der Waals surface area contributed by atoms with Crippen LogP contribution in [0.25, 0.3) is 0 Å². The standard InChI is InChI=1S/C17H26ClF2N/c1-3-5-6-7-8-9-17(21-10-4-2)13-11-15(19)16(20)12-14(13)18/h11-12,17,21H,3-10H2,1-2H3. The summed E-state index contributed by atoms with van der Waals surface area (Å²) >= 11 is 6.09. The Morgan fingerprint density at radius 2 is 1.67 bits per heavy atom. The molecule has 0 amide bonds. The fourth-order valence-electron chi connectivity index (χ4n) is 2.44. The fraction of sp³-hybridized carbons (Fsp3) is 0.647. The van der Waals surface area contributed by atoms with E-state index in [-0.39, 0.29) is 6.04 Å². The molecule has 0 aromatic heterocycles. The van der Waals surface area contributed by atoms with Gasteiger partial charge in [0.05, 0.1) is 0 Å². The Kier molecular flexibility index (Phi) is 8.86. The molecule has 0 spiro atoms. The minimum absolute atomic E-state index is 0.00539. The molecule has 0 bridgehead atoms. The average molecular weight is 318 g/mol. The molecular formula is C17H26ClF2N. The van der Waals surface area contributed by atoms with Gasteiger partial charge in [-0.25, -0.2) is 8.78 Å². The Balaban J connectivity index is 2.70. The number of nitrogens with one attached hydrogen (secondary N) is 1. The summed E-state index contributed by atoms with van der Waals surface area (Å²) in [5.74, 6) is -1.72. The van der Waals surface area contributed by atoms with E-state index in [1.807, 2.05) is 0 Å². The van der Waals surface area contributed by atoms with Crippen LogP contribution in [0.4, 0.5) is 8.78 Å². The Bertz CT molecular complexity index is 423. The topological polar surface area (TPSA) is 12.0 Å². The number of benzene rings is 1. The van der Waals surface area contributed by atoms with E-state index in [1.165, 1.54) is 31.7 Å². The monoisotopic (exact) mass is 317 g/mol. The SMILES string of the molecule is CCCCCCCC(NCCC)c1cc(F)c(F)cc1Cl. The second-order valence-corrected chi connectivity index (χ2v) is 5.90. The Labute approximate surface area is 132 Å². The molecule has 120 valence electrons. The van der Waals surface area contributed by atoms with Gasteiger partial charge in [0.25, 0.3) is 0 Å². The molecule has 0 heterocycles. The molecule has 1 atom stereocenters. The first-order chi connectivity index (χ1) is 10.1. The lowest BCUT2D eigenvalue weighted by Crippen LogP contribution is -2.22. The molecule has 1 aromatic carbocycles. The van der Waals surface area contributed by atoms with Gasteiger partial charge in [-0.05, 0) is 37.1 Å². The summed E-state index contributed by atoms with van der Waals surface area (Å²) in [4.78, 5) is 0. The lowest BCUT2D eigenvalue weighted by molar-refractivity contribution is 0.459. The van der Waals surface area contributed by atoms with Gasteiger partial charge in [-0.1, -0.05) is 57.6 Å². The molecule has 4 heteroatoms. The summed E-state index contributed by atoms with van der Waals surface area (Å²) in [7, 11) is 0. The zero-order valence-corrected chi connectivity index (χ0v) is 13.8. The van der Waals surface area contributed by atoms with Crippen LogP contribution >= 0.6 is 11.6 Å². The molecule has 1 rings (SSSR count). The molecule has 1 N–H and O–H groups in total. The van der Waals surface area contributed by atoms with E-state index in [0.29, 0.717) is 10.6 Å². The summed E-state index contributed by atoms with van der Waals surface area (Å²) in [5.41, 5.74) is 0.666. The van der Waals surface area contributed by atoms with E-state index in [0.717, 1.165) is 31.9 Å². The first-order valence-corrected chi connectivity index (χ1v) is 8.35. The van der Waals surface area contributed by atoms with Crippen molar-refractivity contribution in [3.05, 3.63) is 34.4 Å². The molecule has 1 aromatic rings. The predicted molar refractivity (Wildman–Crippen MR) is 85.8 cm³/mol. The van der Waals surface area contributed by atoms with Crippen molar-refractivity contribution < 1.29 is 8.78 Å². The van der Waals surface area contributed by atoms with Gasteiger partial charge in [-0.3, -0.25) is 0 Å². The van der Waals surface area contributed by atoms with Gasteiger partial charge in [-0.15, -0.1) is 0 Å². The normalized spacial score (nSPS) is 12.6. The second-order valence-electron chi connectivity index (χ2n) is 5.50. The predicted octanol–water partition coefficient (Wildman–Crippen LogP) is 6.02. The van der Waals surface area contributed by atoms with Gasteiger partial charge < -0.3 is 5.32 Å². The first-order valence-electron chi connectivity index (χ1n) is 7.98. The summed E-state index contributed by atoms with van der Waals surface area (Å²) in [6, 6.07) is 2.30. The van der Waals surface area contributed by atoms with Crippen molar-refractivity contribution in [3.8, 4) is 0 Å². The highest BCUT2D eigenvalue weighted by atomic mass is 35.5. The maximum Gasteiger partial charge on any atom is 0.160 e. The highest BCUT2D eigenvalue weighted by Gasteiger charge is 2.17.